The third-order valence-electron chi connectivity index (χ3n) is 2.00. The Bertz CT molecular complexity index is 546. The Morgan fingerprint density at radius 3 is 2.76 bits per heavy atom. The van der Waals surface area contributed by atoms with Crippen molar-refractivity contribution in [1.29, 1.82) is 0 Å². The molecule has 0 unspecified atom stereocenters. The van der Waals surface area contributed by atoms with Crippen LogP contribution in [-0.4, -0.2) is 15.9 Å². The van der Waals surface area contributed by atoms with E-state index in [1.165, 1.54) is 18.6 Å². The van der Waals surface area contributed by atoms with Gasteiger partial charge in [0, 0.05) is 12.4 Å². The van der Waals surface area contributed by atoms with E-state index in [1.807, 2.05) is 0 Å². The van der Waals surface area contributed by atoms with E-state index >= 15 is 0 Å². The molecule has 0 aliphatic rings. The smallest absolute Gasteiger partial charge is 0.275 e. The molecule has 2 aromatic rings. The van der Waals surface area contributed by atoms with E-state index in [4.69, 9.17) is 23.2 Å². The van der Waals surface area contributed by atoms with Crippen LogP contribution in [0.3, 0.4) is 0 Å². The lowest BCUT2D eigenvalue weighted by atomic mass is 10.3. The zero-order valence-corrected chi connectivity index (χ0v) is 10.0. The fourth-order valence-corrected chi connectivity index (χ4v) is 1.55. The summed E-state index contributed by atoms with van der Waals surface area (Å²) in [5.41, 5.74) is 0.651. The van der Waals surface area contributed by atoms with E-state index in [0.717, 1.165) is 0 Å². The van der Waals surface area contributed by atoms with E-state index in [0.29, 0.717) is 15.7 Å². The average Bonchev–Trinajstić information content (AvgIpc) is 2.36. The summed E-state index contributed by atoms with van der Waals surface area (Å²) < 4.78 is 0. The van der Waals surface area contributed by atoms with Gasteiger partial charge in [0.25, 0.3) is 5.91 Å². The SMILES string of the molecule is O=C(Nc1cccc(Cl)c1Cl)c1cnccn1. The molecule has 17 heavy (non-hydrogen) atoms. The molecule has 0 radical (unpaired) electrons. The highest BCUT2D eigenvalue weighted by molar-refractivity contribution is 6.44. The Morgan fingerprint density at radius 2 is 2.06 bits per heavy atom. The van der Waals surface area contributed by atoms with Crippen molar-refractivity contribution < 1.29 is 4.79 Å². The molecule has 0 aliphatic heterocycles. The van der Waals surface area contributed by atoms with E-state index < -0.39 is 0 Å². The number of hydrogen-bond acceptors (Lipinski definition) is 3. The second kappa shape index (κ2) is 5.12. The molecule has 1 amide bonds. The van der Waals surface area contributed by atoms with Gasteiger partial charge in [-0.2, -0.15) is 0 Å². The normalized spacial score (nSPS) is 10.0. The minimum Gasteiger partial charge on any atom is -0.319 e. The number of benzene rings is 1. The summed E-state index contributed by atoms with van der Waals surface area (Å²) in [5.74, 6) is -0.387. The maximum absolute atomic E-state index is 11.8. The van der Waals surface area contributed by atoms with Crippen LogP contribution in [-0.2, 0) is 0 Å². The summed E-state index contributed by atoms with van der Waals surface area (Å²) in [6.07, 6.45) is 4.30. The summed E-state index contributed by atoms with van der Waals surface area (Å²) in [6, 6.07) is 4.99. The molecular formula is C11H7Cl2N3O. The van der Waals surface area contributed by atoms with Crippen LogP contribution in [0.2, 0.25) is 10.0 Å². The maximum Gasteiger partial charge on any atom is 0.275 e. The summed E-state index contributed by atoms with van der Waals surface area (Å²) in [6.45, 7) is 0. The molecule has 0 saturated heterocycles. The molecule has 0 aliphatic carbocycles. The molecule has 0 fully saturated rings. The van der Waals surface area contributed by atoms with Crippen LogP contribution in [0.25, 0.3) is 0 Å². The number of amides is 1. The number of rotatable bonds is 2. The Labute approximate surface area is 108 Å². The van der Waals surface area contributed by atoms with Crippen molar-refractivity contribution in [3.05, 3.63) is 52.5 Å². The lowest BCUT2D eigenvalue weighted by molar-refractivity contribution is 0.102. The first kappa shape index (κ1) is 11.8. The van der Waals surface area contributed by atoms with Crippen LogP contribution < -0.4 is 5.32 Å². The van der Waals surface area contributed by atoms with E-state index in [-0.39, 0.29) is 11.6 Å². The average molecular weight is 268 g/mol. The zero-order valence-electron chi connectivity index (χ0n) is 8.52. The monoisotopic (exact) mass is 267 g/mol. The molecule has 0 atom stereocenters. The molecule has 4 nitrogen and oxygen atoms in total. The van der Waals surface area contributed by atoms with Crippen LogP contribution in [0, 0.1) is 0 Å². The van der Waals surface area contributed by atoms with Crippen molar-refractivity contribution in [3.63, 3.8) is 0 Å². The molecule has 0 spiro atoms. The first-order chi connectivity index (χ1) is 8.18. The molecule has 1 N–H and O–H groups in total. The fraction of sp³-hybridized carbons (Fsp3) is 0. The van der Waals surface area contributed by atoms with E-state index in [2.05, 4.69) is 15.3 Å². The Hall–Kier alpha value is -1.65. The number of nitrogens with zero attached hydrogens (tertiary/aromatic N) is 2. The molecule has 0 bridgehead atoms. The Balaban J connectivity index is 2.22. The van der Waals surface area contributed by atoms with Crippen molar-refractivity contribution in [2.45, 2.75) is 0 Å². The highest BCUT2D eigenvalue weighted by Crippen LogP contribution is 2.29. The van der Waals surface area contributed by atoms with Gasteiger partial charge in [0.05, 0.1) is 21.9 Å². The number of hydrogen-bond donors (Lipinski definition) is 1. The number of nitrogens with one attached hydrogen (secondary N) is 1. The Kier molecular flexibility index (Phi) is 3.56. The minimum absolute atomic E-state index is 0.212. The molecule has 1 aromatic heterocycles. The van der Waals surface area contributed by atoms with Crippen LogP contribution in [0.15, 0.2) is 36.8 Å². The summed E-state index contributed by atoms with van der Waals surface area (Å²) in [5, 5.41) is 3.29. The first-order valence-corrected chi connectivity index (χ1v) is 5.45. The summed E-state index contributed by atoms with van der Waals surface area (Å²) >= 11 is 11.8. The third-order valence-corrected chi connectivity index (χ3v) is 2.81. The van der Waals surface area contributed by atoms with E-state index in [1.54, 1.807) is 18.2 Å². The summed E-state index contributed by atoms with van der Waals surface area (Å²) in [4.78, 5) is 19.4. The Morgan fingerprint density at radius 1 is 1.24 bits per heavy atom. The highest BCUT2D eigenvalue weighted by atomic mass is 35.5. The minimum atomic E-state index is -0.387. The van der Waals surface area contributed by atoms with Gasteiger partial charge >= 0.3 is 0 Å². The topological polar surface area (TPSA) is 54.9 Å². The quantitative estimate of drug-likeness (QED) is 0.910. The van der Waals surface area contributed by atoms with Crippen molar-refractivity contribution in [2.75, 3.05) is 5.32 Å². The van der Waals surface area contributed by atoms with Gasteiger partial charge in [0.2, 0.25) is 0 Å². The number of carbonyl (C=O) groups is 1. The van der Waals surface area contributed by atoms with Gasteiger partial charge < -0.3 is 5.32 Å². The number of halogens is 2. The number of aromatic nitrogens is 2. The highest BCUT2D eigenvalue weighted by Gasteiger charge is 2.10. The lowest BCUT2D eigenvalue weighted by Gasteiger charge is -2.07. The van der Waals surface area contributed by atoms with Gasteiger partial charge in [-0.05, 0) is 12.1 Å². The predicted octanol–water partition coefficient (Wildman–Crippen LogP) is 3.04. The fourth-order valence-electron chi connectivity index (χ4n) is 1.20. The predicted molar refractivity (Wildman–Crippen MR) is 66.4 cm³/mol. The molecular weight excluding hydrogens is 261 g/mol. The van der Waals surface area contributed by atoms with Gasteiger partial charge in [-0.3, -0.25) is 9.78 Å². The second-order valence-corrected chi connectivity index (χ2v) is 3.93. The van der Waals surface area contributed by atoms with Crippen LogP contribution in [0.5, 0.6) is 0 Å². The standard InChI is InChI=1S/C11H7Cl2N3O/c12-7-2-1-3-8(10(7)13)16-11(17)9-6-14-4-5-15-9/h1-6H,(H,16,17). The van der Waals surface area contributed by atoms with Crippen molar-refractivity contribution >= 4 is 34.8 Å². The lowest BCUT2D eigenvalue weighted by Crippen LogP contribution is -2.14. The molecule has 1 aromatic carbocycles. The van der Waals surface area contributed by atoms with E-state index in [9.17, 15) is 4.79 Å². The third kappa shape index (κ3) is 2.72. The van der Waals surface area contributed by atoms with Crippen molar-refractivity contribution in [1.82, 2.24) is 9.97 Å². The molecule has 0 saturated carbocycles. The van der Waals surface area contributed by atoms with Crippen LogP contribution >= 0.6 is 23.2 Å². The molecule has 86 valence electrons. The van der Waals surface area contributed by atoms with Gasteiger partial charge in [-0.1, -0.05) is 29.3 Å². The van der Waals surface area contributed by atoms with Crippen LogP contribution in [0.4, 0.5) is 5.69 Å². The van der Waals surface area contributed by atoms with Crippen molar-refractivity contribution in [3.8, 4) is 0 Å². The second-order valence-electron chi connectivity index (χ2n) is 3.15. The van der Waals surface area contributed by atoms with Gasteiger partial charge in [-0.15, -0.1) is 0 Å². The zero-order chi connectivity index (χ0) is 12.3. The van der Waals surface area contributed by atoms with Gasteiger partial charge in [0.1, 0.15) is 5.69 Å². The largest absolute Gasteiger partial charge is 0.319 e. The molecule has 6 heteroatoms. The maximum atomic E-state index is 11.8. The summed E-state index contributed by atoms with van der Waals surface area (Å²) in [7, 11) is 0. The van der Waals surface area contributed by atoms with Crippen molar-refractivity contribution in [2.24, 2.45) is 0 Å². The van der Waals surface area contributed by atoms with Crippen LogP contribution in [0.1, 0.15) is 10.5 Å². The number of anilines is 1. The first-order valence-electron chi connectivity index (χ1n) is 4.70. The molecule has 2 rings (SSSR count). The van der Waals surface area contributed by atoms with Gasteiger partial charge in [-0.25, -0.2) is 4.98 Å². The number of carbonyl (C=O) groups excluding carboxylic acids is 1. The van der Waals surface area contributed by atoms with Gasteiger partial charge in [0.15, 0.2) is 0 Å². The molecule has 1 heterocycles.